The Morgan fingerprint density at radius 3 is 2.39 bits per heavy atom. The van der Waals surface area contributed by atoms with Gasteiger partial charge in [0.2, 0.25) is 0 Å². The summed E-state index contributed by atoms with van der Waals surface area (Å²) in [5, 5.41) is 3.18. The third kappa shape index (κ3) is 4.75. The highest BCUT2D eigenvalue weighted by atomic mass is 19.1. The lowest BCUT2D eigenvalue weighted by atomic mass is 9.87. The molecule has 1 aromatic heterocycles. The van der Waals surface area contributed by atoms with Gasteiger partial charge in [-0.1, -0.05) is 36.4 Å². The van der Waals surface area contributed by atoms with Gasteiger partial charge >= 0.3 is 6.01 Å². The first-order valence-corrected chi connectivity index (χ1v) is 10.9. The molecule has 0 spiro atoms. The summed E-state index contributed by atoms with van der Waals surface area (Å²) in [7, 11) is 0. The van der Waals surface area contributed by atoms with E-state index in [9.17, 15) is 9.18 Å². The van der Waals surface area contributed by atoms with Crippen LogP contribution in [-0.4, -0.2) is 15.9 Å². The van der Waals surface area contributed by atoms with Crippen molar-refractivity contribution in [3.63, 3.8) is 0 Å². The number of fused-ring (bicyclic) bond motifs is 1. The molecule has 1 N–H and O–H groups in total. The number of halogens is 1. The zero-order valence-electron chi connectivity index (χ0n) is 17.9. The molecule has 4 aromatic rings. The quantitative estimate of drug-likeness (QED) is 0.422. The van der Waals surface area contributed by atoms with Gasteiger partial charge in [0.05, 0.1) is 6.04 Å². The average Bonchev–Trinajstić information content (AvgIpc) is 2.86. The lowest BCUT2D eigenvalue weighted by molar-refractivity contribution is 0.0933. The van der Waals surface area contributed by atoms with E-state index in [1.165, 1.54) is 35.4 Å². The summed E-state index contributed by atoms with van der Waals surface area (Å²) in [6.45, 7) is 0. The van der Waals surface area contributed by atoms with E-state index in [4.69, 9.17) is 4.74 Å². The maximum absolute atomic E-state index is 13.0. The van der Waals surface area contributed by atoms with Crippen LogP contribution in [0.4, 0.5) is 4.39 Å². The van der Waals surface area contributed by atoms with E-state index in [1.54, 1.807) is 12.4 Å². The molecule has 0 aliphatic heterocycles. The minimum absolute atomic E-state index is 0.0455. The first kappa shape index (κ1) is 20.8. The van der Waals surface area contributed by atoms with E-state index in [0.29, 0.717) is 11.3 Å². The summed E-state index contributed by atoms with van der Waals surface area (Å²) < 4.78 is 18.5. The summed E-state index contributed by atoms with van der Waals surface area (Å²) in [6.07, 6.45) is 6.39. The predicted octanol–water partition coefficient (Wildman–Crippen LogP) is 5.88. The monoisotopic (exact) mass is 439 g/mol. The molecule has 164 valence electrons. The molecule has 1 amide bonds. The van der Waals surface area contributed by atoms with Gasteiger partial charge in [0, 0.05) is 23.5 Å². The van der Waals surface area contributed by atoms with Crippen molar-refractivity contribution in [2.45, 2.75) is 25.3 Å². The smallest absolute Gasteiger partial charge is 0.321 e. The van der Waals surface area contributed by atoms with E-state index in [-0.39, 0.29) is 23.8 Å². The molecule has 0 saturated heterocycles. The molecule has 1 aliphatic rings. The molecule has 0 saturated carbocycles. The SMILES string of the molecule is O=C(N[C@@H]1CCCc2ccccc21)c1ccc(-c2cnc(Oc3ccc(F)cc3)nc2)cc1. The molecular weight excluding hydrogens is 417 g/mol. The van der Waals surface area contributed by atoms with Crippen LogP contribution in [0.3, 0.4) is 0 Å². The second-order valence-corrected chi connectivity index (χ2v) is 8.00. The van der Waals surface area contributed by atoms with Crippen LogP contribution in [-0.2, 0) is 6.42 Å². The second-order valence-electron chi connectivity index (χ2n) is 8.00. The standard InChI is InChI=1S/C27H22FN3O2/c28-22-12-14-23(15-13-22)33-27-29-16-21(17-30-27)18-8-10-20(11-9-18)26(32)31-25-7-3-5-19-4-1-2-6-24(19)25/h1-2,4,6,8-17,25H,3,5,7H2,(H,31,32)/t25-/m1/s1. The van der Waals surface area contributed by atoms with Crippen LogP contribution in [0.25, 0.3) is 11.1 Å². The molecule has 3 aromatic carbocycles. The second kappa shape index (κ2) is 9.20. The number of rotatable bonds is 5. The lowest BCUT2D eigenvalue weighted by Crippen LogP contribution is -2.30. The van der Waals surface area contributed by atoms with E-state index in [2.05, 4.69) is 27.4 Å². The first-order valence-electron chi connectivity index (χ1n) is 10.9. The lowest BCUT2D eigenvalue weighted by Gasteiger charge is -2.26. The van der Waals surface area contributed by atoms with Crippen molar-refractivity contribution in [2.75, 3.05) is 0 Å². The first-order chi connectivity index (χ1) is 16.2. The molecule has 1 aliphatic carbocycles. The van der Waals surface area contributed by atoms with Gasteiger partial charge < -0.3 is 10.1 Å². The van der Waals surface area contributed by atoms with Crippen molar-refractivity contribution < 1.29 is 13.9 Å². The van der Waals surface area contributed by atoms with Gasteiger partial charge in [-0.15, -0.1) is 0 Å². The molecule has 6 heteroatoms. The number of carbonyl (C=O) groups is 1. The van der Waals surface area contributed by atoms with Gasteiger partial charge in [-0.2, -0.15) is 0 Å². The Labute approximate surface area is 191 Å². The van der Waals surface area contributed by atoms with Gasteiger partial charge in [-0.05, 0) is 72.4 Å². The minimum Gasteiger partial charge on any atom is -0.424 e. The predicted molar refractivity (Wildman–Crippen MR) is 124 cm³/mol. The molecule has 0 unspecified atom stereocenters. The van der Waals surface area contributed by atoms with Crippen molar-refractivity contribution in [2.24, 2.45) is 0 Å². The highest BCUT2D eigenvalue weighted by molar-refractivity contribution is 5.95. The Balaban J connectivity index is 1.25. The van der Waals surface area contributed by atoms with E-state index in [0.717, 1.165) is 30.4 Å². The zero-order valence-corrected chi connectivity index (χ0v) is 17.9. The molecule has 5 nitrogen and oxygen atoms in total. The fourth-order valence-corrected chi connectivity index (χ4v) is 4.09. The van der Waals surface area contributed by atoms with Crippen LogP contribution < -0.4 is 10.1 Å². The van der Waals surface area contributed by atoms with Crippen molar-refractivity contribution in [1.29, 1.82) is 0 Å². The Hall–Kier alpha value is -4.06. The fourth-order valence-electron chi connectivity index (χ4n) is 4.09. The van der Waals surface area contributed by atoms with Crippen molar-refractivity contribution in [3.8, 4) is 22.9 Å². The highest BCUT2D eigenvalue weighted by Crippen LogP contribution is 2.30. The Bertz CT molecular complexity index is 1260. The van der Waals surface area contributed by atoms with Crippen LogP contribution in [0.2, 0.25) is 0 Å². The van der Waals surface area contributed by atoms with Crippen molar-refractivity contribution in [3.05, 3.63) is 108 Å². The third-order valence-electron chi connectivity index (χ3n) is 5.81. The number of aryl methyl sites for hydroxylation is 1. The van der Waals surface area contributed by atoms with Crippen LogP contribution in [0.15, 0.2) is 85.2 Å². The molecule has 1 atom stereocenters. The van der Waals surface area contributed by atoms with E-state index in [1.807, 2.05) is 36.4 Å². The molecule has 0 bridgehead atoms. The molecule has 0 fully saturated rings. The van der Waals surface area contributed by atoms with Crippen molar-refractivity contribution >= 4 is 5.91 Å². The largest absolute Gasteiger partial charge is 0.424 e. The Kier molecular flexibility index (Phi) is 5.81. The number of aromatic nitrogens is 2. The van der Waals surface area contributed by atoms with Crippen LogP contribution in [0, 0.1) is 5.82 Å². The topological polar surface area (TPSA) is 64.1 Å². The summed E-state index contributed by atoms with van der Waals surface area (Å²) in [5.41, 5.74) is 4.83. The molecule has 33 heavy (non-hydrogen) atoms. The van der Waals surface area contributed by atoms with E-state index >= 15 is 0 Å². The minimum atomic E-state index is -0.334. The number of nitrogens with zero attached hydrogens (tertiary/aromatic N) is 2. The Morgan fingerprint density at radius 2 is 1.64 bits per heavy atom. The van der Waals surface area contributed by atoms with Crippen LogP contribution in [0.5, 0.6) is 11.8 Å². The Morgan fingerprint density at radius 1 is 0.909 bits per heavy atom. The van der Waals surface area contributed by atoms with Crippen molar-refractivity contribution in [1.82, 2.24) is 15.3 Å². The van der Waals surface area contributed by atoms with Gasteiger partial charge in [0.15, 0.2) is 0 Å². The maximum Gasteiger partial charge on any atom is 0.321 e. The third-order valence-corrected chi connectivity index (χ3v) is 5.81. The number of benzene rings is 3. The normalized spacial score (nSPS) is 14.9. The molecule has 0 radical (unpaired) electrons. The average molecular weight is 439 g/mol. The number of carbonyl (C=O) groups excluding carboxylic acids is 1. The number of ether oxygens (including phenoxy) is 1. The maximum atomic E-state index is 13.0. The summed E-state index contributed by atoms with van der Waals surface area (Å²) in [5.74, 6) is 0.0435. The number of nitrogens with one attached hydrogen (secondary N) is 1. The molecule has 5 rings (SSSR count). The summed E-state index contributed by atoms with van der Waals surface area (Å²) in [4.78, 5) is 21.3. The van der Waals surface area contributed by atoms with E-state index < -0.39 is 0 Å². The molecule has 1 heterocycles. The highest BCUT2D eigenvalue weighted by Gasteiger charge is 2.21. The van der Waals surface area contributed by atoms with Gasteiger partial charge in [-0.3, -0.25) is 4.79 Å². The number of amides is 1. The van der Waals surface area contributed by atoms with Gasteiger partial charge in [0.1, 0.15) is 11.6 Å². The summed E-state index contributed by atoms with van der Waals surface area (Å²) in [6, 6.07) is 21.6. The zero-order chi connectivity index (χ0) is 22.6. The molecular formula is C27H22FN3O2. The number of hydrogen-bond donors (Lipinski definition) is 1. The van der Waals surface area contributed by atoms with Crippen LogP contribution in [0.1, 0.15) is 40.4 Å². The van der Waals surface area contributed by atoms with Gasteiger partial charge in [0.25, 0.3) is 5.91 Å². The fraction of sp³-hybridized carbons (Fsp3) is 0.148. The number of hydrogen-bond acceptors (Lipinski definition) is 4. The van der Waals surface area contributed by atoms with Crippen LogP contribution >= 0.6 is 0 Å². The van der Waals surface area contributed by atoms with Gasteiger partial charge in [-0.25, -0.2) is 14.4 Å². The summed E-state index contributed by atoms with van der Waals surface area (Å²) >= 11 is 0.